The Balaban J connectivity index is 1.27. The molecule has 10 heteroatoms. The average molecular weight is 472 g/mol. The van der Waals surface area contributed by atoms with E-state index in [1.165, 1.54) is 12.1 Å². The van der Waals surface area contributed by atoms with Gasteiger partial charge in [0.05, 0.1) is 11.3 Å². The molecule has 3 aliphatic heterocycles. The Labute approximate surface area is 174 Å². The molecule has 1 aromatic rings. The molecule has 156 valence electrons. The first kappa shape index (κ1) is 20.1. The van der Waals surface area contributed by atoms with Gasteiger partial charge in [0, 0.05) is 43.8 Å². The maximum absolute atomic E-state index is 12.8. The summed E-state index contributed by atoms with van der Waals surface area (Å²) in [6.45, 7) is 3.76. The lowest BCUT2D eigenvalue weighted by molar-refractivity contribution is -0.137. The zero-order valence-corrected chi connectivity index (χ0v) is 17.1. The van der Waals surface area contributed by atoms with E-state index in [0.717, 1.165) is 33.7 Å². The van der Waals surface area contributed by atoms with Crippen LogP contribution in [0.2, 0.25) is 0 Å². The number of piperazine rings is 1. The number of carbonyl (C=O) groups is 1. The molecule has 1 amide bonds. The highest BCUT2D eigenvalue weighted by Gasteiger charge is 2.33. The summed E-state index contributed by atoms with van der Waals surface area (Å²) >= 11 is 3.45. The highest BCUT2D eigenvalue weighted by atomic mass is 79.9. The minimum Gasteiger partial charge on any atom is -0.366 e. The molecule has 0 bridgehead atoms. The Kier molecular flexibility index (Phi) is 5.48. The largest absolute Gasteiger partial charge is 0.416 e. The Bertz CT molecular complexity index is 844. The quantitative estimate of drug-likeness (QED) is 0.628. The lowest BCUT2D eigenvalue weighted by Gasteiger charge is -2.36. The van der Waals surface area contributed by atoms with Gasteiger partial charge in [0.1, 0.15) is 5.82 Å². The molecule has 0 aromatic heterocycles. The standard InChI is InChI=1S/C19H21BrF3N5O/c20-14-9-15-16(24-10-14)26-17(25-15)18(29)28-7-5-27(6-8-28)11-12-1-3-13(4-2-12)19(21,22)23/h1-4,9,17,24-26H,5-8,10-11H2. The van der Waals surface area contributed by atoms with Crippen molar-refractivity contribution < 1.29 is 18.0 Å². The number of hydrogen-bond donors (Lipinski definition) is 3. The fourth-order valence-corrected chi connectivity index (χ4v) is 3.99. The summed E-state index contributed by atoms with van der Waals surface area (Å²) in [5.74, 6) is 0.812. The highest BCUT2D eigenvalue weighted by molar-refractivity contribution is 9.11. The van der Waals surface area contributed by atoms with Gasteiger partial charge in [-0.1, -0.05) is 28.1 Å². The molecule has 6 nitrogen and oxygen atoms in total. The maximum Gasteiger partial charge on any atom is 0.416 e. The van der Waals surface area contributed by atoms with Crippen LogP contribution in [-0.4, -0.2) is 54.6 Å². The van der Waals surface area contributed by atoms with Crippen LogP contribution >= 0.6 is 15.9 Å². The van der Waals surface area contributed by atoms with Gasteiger partial charge in [-0.2, -0.15) is 13.2 Å². The van der Waals surface area contributed by atoms with Crippen LogP contribution in [0.25, 0.3) is 0 Å². The van der Waals surface area contributed by atoms with Crippen LogP contribution in [-0.2, 0) is 17.5 Å². The summed E-state index contributed by atoms with van der Waals surface area (Å²) in [5.41, 5.74) is 1.06. The smallest absolute Gasteiger partial charge is 0.366 e. The number of dihydropyridines is 1. The summed E-state index contributed by atoms with van der Waals surface area (Å²) in [6.07, 6.45) is -2.86. The predicted octanol–water partition coefficient (Wildman–Crippen LogP) is 1.92. The number of alkyl halides is 3. The number of nitrogens with one attached hydrogen (secondary N) is 3. The van der Waals surface area contributed by atoms with E-state index in [4.69, 9.17) is 0 Å². The van der Waals surface area contributed by atoms with Gasteiger partial charge >= 0.3 is 6.18 Å². The highest BCUT2D eigenvalue weighted by Crippen LogP contribution is 2.29. The van der Waals surface area contributed by atoms with Crippen molar-refractivity contribution in [2.75, 3.05) is 32.7 Å². The number of halogens is 4. The Morgan fingerprint density at radius 2 is 1.79 bits per heavy atom. The van der Waals surface area contributed by atoms with E-state index in [9.17, 15) is 18.0 Å². The second-order valence-corrected chi connectivity index (χ2v) is 8.27. The number of rotatable bonds is 3. The molecule has 3 N–H and O–H groups in total. The molecule has 29 heavy (non-hydrogen) atoms. The van der Waals surface area contributed by atoms with Crippen molar-refractivity contribution in [2.45, 2.75) is 18.9 Å². The SMILES string of the molecule is O=C(C1NC2=C(NCC(Br)=C2)N1)N1CCN(Cc2ccc(C(F)(F)F)cc2)CC1. The monoisotopic (exact) mass is 471 g/mol. The normalized spacial score (nSPS) is 22.4. The van der Waals surface area contributed by atoms with Crippen LogP contribution < -0.4 is 16.0 Å². The number of benzene rings is 1. The molecule has 1 atom stereocenters. The van der Waals surface area contributed by atoms with E-state index in [0.29, 0.717) is 39.3 Å². The first-order chi connectivity index (χ1) is 13.8. The summed E-state index contributed by atoms with van der Waals surface area (Å²) in [5, 5.41) is 9.57. The van der Waals surface area contributed by atoms with Gasteiger partial charge in [0.2, 0.25) is 0 Å². The van der Waals surface area contributed by atoms with E-state index in [2.05, 4.69) is 36.8 Å². The van der Waals surface area contributed by atoms with E-state index < -0.39 is 17.9 Å². The molecule has 1 fully saturated rings. The maximum atomic E-state index is 12.8. The van der Waals surface area contributed by atoms with Crippen molar-refractivity contribution in [3.05, 3.63) is 57.5 Å². The van der Waals surface area contributed by atoms with Crippen LogP contribution in [0.3, 0.4) is 0 Å². The van der Waals surface area contributed by atoms with Crippen LogP contribution in [0, 0.1) is 0 Å². The molecule has 0 radical (unpaired) electrons. The lowest BCUT2D eigenvalue weighted by atomic mass is 10.1. The number of carbonyl (C=O) groups excluding carboxylic acids is 1. The predicted molar refractivity (Wildman–Crippen MR) is 105 cm³/mol. The number of nitrogens with zero attached hydrogens (tertiary/aromatic N) is 2. The van der Waals surface area contributed by atoms with E-state index in [-0.39, 0.29) is 5.91 Å². The molecule has 3 aliphatic rings. The summed E-state index contributed by atoms with van der Waals surface area (Å²) in [4.78, 5) is 16.8. The molecule has 3 heterocycles. The van der Waals surface area contributed by atoms with Gasteiger partial charge in [-0.3, -0.25) is 9.69 Å². The number of hydrogen-bond acceptors (Lipinski definition) is 5. The minimum atomic E-state index is -4.32. The van der Waals surface area contributed by atoms with Gasteiger partial charge in [-0.05, 0) is 23.8 Å². The number of allylic oxidation sites excluding steroid dienone is 1. The fraction of sp³-hybridized carbons (Fsp3) is 0.421. The molecule has 1 saturated heterocycles. The summed E-state index contributed by atoms with van der Waals surface area (Å²) < 4.78 is 39.0. The minimum absolute atomic E-state index is 0.0140. The molecule has 1 unspecified atom stereocenters. The first-order valence-corrected chi connectivity index (χ1v) is 10.1. The third-order valence-electron chi connectivity index (χ3n) is 5.21. The summed E-state index contributed by atoms with van der Waals surface area (Å²) in [6, 6.07) is 5.26. The van der Waals surface area contributed by atoms with Crippen molar-refractivity contribution in [1.29, 1.82) is 0 Å². The van der Waals surface area contributed by atoms with Gasteiger partial charge in [0.15, 0.2) is 6.17 Å². The Morgan fingerprint density at radius 1 is 1.10 bits per heavy atom. The molecular formula is C19H21BrF3N5O. The Hall–Kier alpha value is -2.20. The molecule has 4 rings (SSSR count). The molecular weight excluding hydrogens is 451 g/mol. The third-order valence-corrected chi connectivity index (χ3v) is 5.72. The second kappa shape index (κ2) is 7.91. The second-order valence-electron chi connectivity index (χ2n) is 7.25. The zero-order valence-electron chi connectivity index (χ0n) is 15.5. The van der Waals surface area contributed by atoms with Gasteiger partial charge in [-0.25, -0.2) is 0 Å². The topological polar surface area (TPSA) is 59.6 Å². The van der Waals surface area contributed by atoms with E-state index in [1.807, 2.05) is 11.0 Å². The van der Waals surface area contributed by atoms with Crippen molar-refractivity contribution in [3.8, 4) is 0 Å². The Morgan fingerprint density at radius 3 is 2.45 bits per heavy atom. The van der Waals surface area contributed by atoms with Crippen LogP contribution in [0.4, 0.5) is 13.2 Å². The zero-order chi connectivity index (χ0) is 20.6. The van der Waals surface area contributed by atoms with Crippen molar-refractivity contribution in [3.63, 3.8) is 0 Å². The fourth-order valence-electron chi connectivity index (χ4n) is 3.62. The van der Waals surface area contributed by atoms with Gasteiger partial charge in [0.25, 0.3) is 5.91 Å². The van der Waals surface area contributed by atoms with Crippen molar-refractivity contribution in [2.24, 2.45) is 0 Å². The van der Waals surface area contributed by atoms with Gasteiger partial charge in [-0.15, -0.1) is 0 Å². The van der Waals surface area contributed by atoms with Crippen LogP contribution in [0.15, 0.2) is 46.3 Å². The van der Waals surface area contributed by atoms with Crippen molar-refractivity contribution in [1.82, 2.24) is 25.8 Å². The van der Waals surface area contributed by atoms with Crippen molar-refractivity contribution >= 4 is 21.8 Å². The molecule has 0 saturated carbocycles. The molecule has 1 aromatic carbocycles. The molecule has 0 aliphatic carbocycles. The molecule has 0 spiro atoms. The third kappa shape index (κ3) is 4.53. The van der Waals surface area contributed by atoms with E-state index in [1.54, 1.807) is 0 Å². The average Bonchev–Trinajstić information content (AvgIpc) is 3.11. The van der Waals surface area contributed by atoms with E-state index >= 15 is 0 Å². The van der Waals surface area contributed by atoms with Crippen LogP contribution in [0.1, 0.15) is 11.1 Å². The van der Waals surface area contributed by atoms with Gasteiger partial charge < -0.3 is 20.9 Å². The lowest BCUT2D eigenvalue weighted by Crippen LogP contribution is -2.55. The first-order valence-electron chi connectivity index (χ1n) is 9.34. The number of amides is 1. The van der Waals surface area contributed by atoms with Crippen LogP contribution in [0.5, 0.6) is 0 Å². The summed E-state index contributed by atoms with van der Waals surface area (Å²) in [7, 11) is 0.